The van der Waals surface area contributed by atoms with Crippen LogP contribution in [-0.2, 0) is 6.54 Å². The Morgan fingerprint density at radius 1 is 0.938 bits per heavy atom. The van der Waals surface area contributed by atoms with Crippen molar-refractivity contribution < 1.29 is 13.9 Å². The van der Waals surface area contributed by atoms with Crippen LogP contribution >= 0.6 is 0 Å². The minimum absolute atomic E-state index is 0.0899. The van der Waals surface area contributed by atoms with Crippen LogP contribution in [-0.4, -0.2) is 40.2 Å². The predicted molar refractivity (Wildman–Crippen MR) is 124 cm³/mol. The number of likely N-dealkylation sites (N-methyl/N-ethyl adjacent to an activating group) is 1. The second-order valence-corrected chi connectivity index (χ2v) is 8.23. The Kier molecular flexibility index (Phi) is 3.79. The monoisotopic (exact) mass is 429 g/mol. The van der Waals surface area contributed by atoms with E-state index in [1.165, 1.54) is 4.57 Å². The lowest BCUT2D eigenvalue weighted by Gasteiger charge is -2.08. The smallest absolute Gasteiger partial charge is 0.265 e. The molecule has 3 heterocycles. The van der Waals surface area contributed by atoms with Gasteiger partial charge in [0.05, 0.1) is 16.4 Å². The number of benzene rings is 3. The molecule has 2 N–H and O–H groups in total. The zero-order valence-corrected chi connectivity index (χ0v) is 17.4. The maximum atomic E-state index is 13.5. The molecule has 0 unspecified atom stereocenters. The summed E-state index contributed by atoms with van der Waals surface area (Å²) in [6.07, 6.45) is 0. The van der Waals surface area contributed by atoms with E-state index in [0.29, 0.717) is 45.1 Å². The van der Waals surface area contributed by atoms with Gasteiger partial charge in [0.15, 0.2) is 22.3 Å². The van der Waals surface area contributed by atoms with Crippen molar-refractivity contribution in [3.63, 3.8) is 0 Å². The fourth-order valence-electron chi connectivity index (χ4n) is 4.40. The summed E-state index contributed by atoms with van der Waals surface area (Å²) in [6, 6.07) is 12.0. The minimum atomic E-state index is -0.402. The highest BCUT2D eigenvalue weighted by molar-refractivity contribution is 6.29. The summed E-state index contributed by atoms with van der Waals surface area (Å²) < 4.78 is 13.6. The first kappa shape index (κ1) is 18.7. The molecule has 0 aliphatic carbocycles. The largest absolute Gasteiger partial charge is 0.508 e. The molecule has 8 nitrogen and oxygen atoms in total. The van der Waals surface area contributed by atoms with E-state index in [1.807, 2.05) is 31.1 Å². The highest BCUT2D eigenvalue weighted by atomic mass is 16.4. The summed E-state index contributed by atoms with van der Waals surface area (Å²) in [5, 5.41) is 11.8. The average molecular weight is 429 g/mol. The van der Waals surface area contributed by atoms with Crippen molar-refractivity contribution in [3.05, 3.63) is 63.2 Å². The molecule has 0 saturated carbocycles. The number of hydrogen-bond acceptors (Lipinski definition) is 6. The first-order chi connectivity index (χ1) is 15.4. The number of rotatable bonds is 3. The number of para-hydroxylation sites is 2. The van der Waals surface area contributed by atoms with Gasteiger partial charge in [-0.25, -0.2) is 0 Å². The summed E-state index contributed by atoms with van der Waals surface area (Å²) in [7, 11) is 3.77. The van der Waals surface area contributed by atoms with Crippen molar-refractivity contribution >= 4 is 54.9 Å². The number of aromatic nitrogens is 2. The zero-order chi connectivity index (χ0) is 22.1. The molecule has 0 bridgehead atoms. The van der Waals surface area contributed by atoms with Gasteiger partial charge in [-0.3, -0.25) is 14.2 Å². The third-order valence-electron chi connectivity index (χ3n) is 5.90. The SMILES string of the molecule is CN(C)CCn1c(=O)c2c3oc4ccccc4oc3c3[nH]c4cc(O)ccc4c3c2c1=O. The van der Waals surface area contributed by atoms with Gasteiger partial charge in [0.2, 0.25) is 0 Å². The van der Waals surface area contributed by atoms with Crippen LogP contribution in [0.25, 0.3) is 54.9 Å². The van der Waals surface area contributed by atoms with Gasteiger partial charge in [0.25, 0.3) is 11.1 Å². The molecule has 6 rings (SSSR count). The van der Waals surface area contributed by atoms with Crippen LogP contribution in [0.3, 0.4) is 0 Å². The molecular formula is C24H19N3O5. The number of nitrogens with zero attached hydrogens (tertiary/aromatic N) is 2. The highest BCUT2D eigenvalue weighted by Gasteiger charge is 2.25. The maximum absolute atomic E-state index is 13.5. The van der Waals surface area contributed by atoms with E-state index in [9.17, 15) is 14.7 Å². The molecule has 0 spiro atoms. The van der Waals surface area contributed by atoms with Gasteiger partial charge in [-0.2, -0.15) is 0 Å². The number of aromatic amines is 1. The van der Waals surface area contributed by atoms with Crippen molar-refractivity contribution in [2.45, 2.75) is 6.54 Å². The van der Waals surface area contributed by atoms with E-state index in [1.54, 1.807) is 30.3 Å². The normalized spacial score (nSPS) is 12.3. The Labute approximate surface area is 179 Å². The Balaban J connectivity index is 1.90. The molecule has 0 atom stereocenters. The lowest BCUT2D eigenvalue weighted by atomic mass is 10.1. The van der Waals surface area contributed by atoms with E-state index in [2.05, 4.69) is 4.98 Å². The fraction of sp³-hybridized carbons (Fsp3) is 0.167. The first-order valence-corrected chi connectivity index (χ1v) is 10.2. The van der Waals surface area contributed by atoms with Crippen LogP contribution in [0.2, 0.25) is 0 Å². The van der Waals surface area contributed by atoms with Crippen LogP contribution < -0.4 is 11.1 Å². The molecule has 0 aliphatic heterocycles. The van der Waals surface area contributed by atoms with E-state index in [-0.39, 0.29) is 28.8 Å². The Bertz CT molecular complexity index is 1820. The van der Waals surface area contributed by atoms with Crippen molar-refractivity contribution in [2.75, 3.05) is 20.6 Å². The van der Waals surface area contributed by atoms with Gasteiger partial charge in [0.1, 0.15) is 11.1 Å². The van der Waals surface area contributed by atoms with E-state index in [0.717, 1.165) is 5.39 Å². The quantitative estimate of drug-likeness (QED) is 0.415. The van der Waals surface area contributed by atoms with E-state index >= 15 is 0 Å². The van der Waals surface area contributed by atoms with E-state index in [4.69, 9.17) is 8.83 Å². The van der Waals surface area contributed by atoms with Gasteiger partial charge < -0.3 is 23.8 Å². The molecule has 3 aromatic heterocycles. The molecule has 8 heteroatoms. The van der Waals surface area contributed by atoms with Crippen LogP contribution in [0.1, 0.15) is 0 Å². The number of phenols is 1. The number of H-pyrrole nitrogens is 1. The Hall–Kier alpha value is -4.04. The molecule has 0 saturated heterocycles. The summed E-state index contributed by atoms with van der Waals surface area (Å²) in [5.41, 5.74) is 1.98. The third kappa shape index (κ3) is 2.47. The molecule has 3 aromatic carbocycles. The average Bonchev–Trinajstić information content (AvgIpc) is 3.25. The molecule has 0 aliphatic rings. The molecular weight excluding hydrogens is 410 g/mol. The second kappa shape index (κ2) is 6.48. The summed E-state index contributed by atoms with van der Waals surface area (Å²) in [5.74, 6) is 0.0899. The number of aromatic hydroxyl groups is 1. The Morgan fingerprint density at radius 3 is 2.34 bits per heavy atom. The van der Waals surface area contributed by atoms with Crippen molar-refractivity contribution in [2.24, 2.45) is 0 Å². The predicted octanol–water partition coefficient (Wildman–Crippen LogP) is 3.76. The molecule has 160 valence electrons. The standard InChI is InChI=1S/C24H19N3O5/c1-26(2)9-10-27-23(29)18-17-13-8-7-12(28)11-14(13)25-20(17)22-21(19(18)24(27)30)31-15-5-3-4-6-16(15)32-22/h3-8,11,25,28H,9-10H2,1-2H3. The number of nitrogens with one attached hydrogen (secondary N) is 1. The zero-order valence-electron chi connectivity index (χ0n) is 17.4. The highest BCUT2D eigenvalue weighted by Crippen LogP contribution is 2.39. The lowest BCUT2D eigenvalue weighted by Crippen LogP contribution is -2.30. The van der Waals surface area contributed by atoms with Gasteiger partial charge in [0, 0.05) is 29.9 Å². The number of hydrogen-bond donors (Lipinski definition) is 2. The molecule has 0 radical (unpaired) electrons. The molecule has 0 amide bonds. The third-order valence-corrected chi connectivity index (χ3v) is 5.90. The Morgan fingerprint density at radius 2 is 1.62 bits per heavy atom. The van der Waals surface area contributed by atoms with Crippen LogP contribution in [0.15, 0.2) is 60.9 Å². The fourth-order valence-corrected chi connectivity index (χ4v) is 4.40. The van der Waals surface area contributed by atoms with Gasteiger partial charge in [-0.05, 0) is 38.4 Å². The summed E-state index contributed by atoms with van der Waals surface area (Å²) >= 11 is 0. The molecule has 6 aromatic rings. The molecule has 32 heavy (non-hydrogen) atoms. The van der Waals surface area contributed by atoms with Crippen molar-refractivity contribution in [3.8, 4) is 5.75 Å². The second-order valence-electron chi connectivity index (χ2n) is 8.23. The van der Waals surface area contributed by atoms with Gasteiger partial charge in [-0.1, -0.05) is 12.1 Å². The summed E-state index contributed by atoms with van der Waals surface area (Å²) in [6.45, 7) is 0.801. The first-order valence-electron chi connectivity index (χ1n) is 10.2. The van der Waals surface area contributed by atoms with Crippen LogP contribution in [0.4, 0.5) is 0 Å². The van der Waals surface area contributed by atoms with Crippen LogP contribution in [0.5, 0.6) is 5.75 Å². The maximum Gasteiger partial charge on any atom is 0.265 e. The van der Waals surface area contributed by atoms with Gasteiger partial charge >= 0.3 is 0 Å². The number of fused-ring (bicyclic) bond motifs is 9. The topological polar surface area (TPSA) is 105 Å². The number of phenolic OH excluding ortho intramolecular Hbond substituents is 1. The van der Waals surface area contributed by atoms with Crippen molar-refractivity contribution in [1.29, 1.82) is 0 Å². The van der Waals surface area contributed by atoms with Crippen LogP contribution in [0, 0.1) is 0 Å². The summed E-state index contributed by atoms with van der Waals surface area (Å²) in [4.78, 5) is 32.1. The molecule has 0 fully saturated rings. The van der Waals surface area contributed by atoms with Crippen molar-refractivity contribution in [1.82, 2.24) is 14.5 Å². The van der Waals surface area contributed by atoms with Gasteiger partial charge in [-0.15, -0.1) is 0 Å². The minimum Gasteiger partial charge on any atom is -0.508 e. The lowest BCUT2D eigenvalue weighted by molar-refractivity contribution is 0.380. The van der Waals surface area contributed by atoms with E-state index < -0.39 is 5.56 Å².